The molecule has 2 N–H and O–H groups in total. The molecule has 0 aromatic heterocycles. The van der Waals surface area contributed by atoms with Gasteiger partial charge in [0, 0.05) is 18.3 Å². The molecule has 1 aromatic carbocycles. The van der Waals surface area contributed by atoms with Gasteiger partial charge >= 0.3 is 0 Å². The van der Waals surface area contributed by atoms with Crippen molar-refractivity contribution in [2.75, 3.05) is 12.3 Å². The maximum atomic E-state index is 12.8. The molecule has 0 saturated heterocycles. The van der Waals surface area contributed by atoms with Crippen LogP contribution < -0.4 is 5.73 Å². The zero-order valence-corrected chi connectivity index (χ0v) is 13.3. The fourth-order valence-electron chi connectivity index (χ4n) is 2.31. The van der Waals surface area contributed by atoms with Crippen molar-refractivity contribution in [3.05, 3.63) is 23.8 Å². The molecule has 0 bridgehead atoms. The number of sulfonamides is 1. The van der Waals surface area contributed by atoms with Gasteiger partial charge in [-0.05, 0) is 55.9 Å². The van der Waals surface area contributed by atoms with Crippen LogP contribution in [0.1, 0.15) is 38.7 Å². The minimum Gasteiger partial charge on any atom is -0.399 e. The summed E-state index contributed by atoms with van der Waals surface area (Å²) in [7, 11) is -3.43. The Morgan fingerprint density at radius 2 is 1.95 bits per heavy atom. The van der Waals surface area contributed by atoms with Crippen LogP contribution in [-0.4, -0.2) is 25.3 Å². The van der Waals surface area contributed by atoms with Crippen LogP contribution in [0.2, 0.25) is 0 Å². The predicted octanol–water partition coefficient (Wildman–Crippen LogP) is 2.78. The van der Waals surface area contributed by atoms with E-state index in [1.165, 1.54) is 0 Å². The first kappa shape index (κ1) is 15.3. The number of hydrogen-bond acceptors (Lipinski definition) is 3. The van der Waals surface area contributed by atoms with E-state index in [0.717, 1.165) is 24.8 Å². The second-order valence-corrected chi connectivity index (χ2v) is 8.00. The molecule has 1 aliphatic carbocycles. The Hall–Kier alpha value is -1.07. The number of benzene rings is 1. The average molecular weight is 296 g/mol. The van der Waals surface area contributed by atoms with E-state index in [1.54, 1.807) is 22.5 Å². The Labute approximate surface area is 122 Å². The normalized spacial score (nSPS) is 16.1. The molecule has 0 atom stereocenters. The zero-order valence-electron chi connectivity index (χ0n) is 12.5. The van der Waals surface area contributed by atoms with Crippen molar-refractivity contribution in [3.63, 3.8) is 0 Å². The van der Waals surface area contributed by atoms with E-state index in [-0.39, 0.29) is 6.04 Å². The highest BCUT2D eigenvalue weighted by Gasteiger charge is 2.37. The van der Waals surface area contributed by atoms with Crippen LogP contribution in [-0.2, 0) is 10.0 Å². The number of aryl methyl sites for hydroxylation is 1. The SMILES string of the molecule is Cc1cc(N)cc(S(=O)(=O)N(CCC(C)C)C2CC2)c1. The van der Waals surface area contributed by atoms with Crippen molar-refractivity contribution in [2.24, 2.45) is 5.92 Å². The van der Waals surface area contributed by atoms with Crippen molar-refractivity contribution >= 4 is 15.7 Å². The molecule has 4 nitrogen and oxygen atoms in total. The fourth-order valence-corrected chi connectivity index (χ4v) is 4.15. The smallest absolute Gasteiger partial charge is 0.243 e. The molecule has 1 aromatic rings. The maximum Gasteiger partial charge on any atom is 0.243 e. The standard InChI is InChI=1S/C15H24N2O2S/c1-11(2)6-7-17(14-4-5-14)20(18,19)15-9-12(3)8-13(16)10-15/h8-11,14H,4-7,16H2,1-3H3. The van der Waals surface area contributed by atoms with Crippen molar-refractivity contribution in [3.8, 4) is 0 Å². The molecule has 20 heavy (non-hydrogen) atoms. The number of nitrogens with zero attached hydrogens (tertiary/aromatic N) is 1. The molecule has 1 fully saturated rings. The molecule has 0 amide bonds. The summed E-state index contributed by atoms with van der Waals surface area (Å²) in [5, 5.41) is 0. The van der Waals surface area contributed by atoms with Crippen molar-refractivity contribution in [2.45, 2.75) is 51.0 Å². The van der Waals surface area contributed by atoms with Gasteiger partial charge in [-0.15, -0.1) is 0 Å². The lowest BCUT2D eigenvalue weighted by Crippen LogP contribution is -2.34. The predicted molar refractivity (Wildman–Crippen MR) is 82.0 cm³/mol. The van der Waals surface area contributed by atoms with Crippen LogP contribution in [0.5, 0.6) is 0 Å². The third kappa shape index (κ3) is 3.52. The highest BCUT2D eigenvalue weighted by Crippen LogP contribution is 2.33. The summed E-state index contributed by atoms with van der Waals surface area (Å²) in [6, 6.07) is 5.23. The van der Waals surface area contributed by atoms with Gasteiger partial charge < -0.3 is 5.73 Å². The van der Waals surface area contributed by atoms with Gasteiger partial charge in [0.2, 0.25) is 10.0 Å². The van der Waals surface area contributed by atoms with Crippen LogP contribution in [0.4, 0.5) is 5.69 Å². The van der Waals surface area contributed by atoms with Crippen LogP contribution in [0.15, 0.2) is 23.1 Å². The molecule has 0 spiro atoms. The molecule has 0 radical (unpaired) electrons. The first-order valence-corrected chi connectivity index (χ1v) is 8.63. The van der Waals surface area contributed by atoms with E-state index >= 15 is 0 Å². The van der Waals surface area contributed by atoms with E-state index in [9.17, 15) is 8.42 Å². The van der Waals surface area contributed by atoms with Gasteiger partial charge in [-0.3, -0.25) is 0 Å². The summed E-state index contributed by atoms with van der Waals surface area (Å²) in [5.74, 6) is 0.494. The molecular formula is C15H24N2O2S. The van der Waals surface area contributed by atoms with E-state index in [0.29, 0.717) is 23.0 Å². The molecule has 0 heterocycles. The van der Waals surface area contributed by atoms with Crippen LogP contribution in [0.3, 0.4) is 0 Å². The van der Waals surface area contributed by atoms with E-state index in [4.69, 9.17) is 5.73 Å². The first-order chi connectivity index (χ1) is 9.30. The summed E-state index contributed by atoms with van der Waals surface area (Å²) >= 11 is 0. The second-order valence-electron chi connectivity index (χ2n) is 6.11. The largest absolute Gasteiger partial charge is 0.399 e. The van der Waals surface area contributed by atoms with Gasteiger partial charge in [0.05, 0.1) is 4.90 Å². The molecule has 1 saturated carbocycles. The van der Waals surface area contributed by atoms with Crippen molar-refractivity contribution < 1.29 is 8.42 Å². The fraction of sp³-hybridized carbons (Fsp3) is 0.600. The maximum absolute atomic E-state index is 12.8. The minimum atomic E-state index is -3.43. The van der Waals surface area contributed by atoms with Gasteiger partial charge in [0.1, 0.15) is 0 Å². The van der Waals surface area contributed by atoms with E-state index in [2.05, 4.69) is 13.8 Å². The molecule has 0 unspecified atom stereocenters. The van der Waals surface area contributed by atoms with Crippen LogP contribution in [0, 0.1) is 12.8 Å². The van der Waals surface area contributed by atoms with Crippen molar-refractivity contribution in [1.82, 2.24) is 4.31 Å². The third-order valence-corrected chi connectivity index (χ3v) is 5.49. The van der Waals surface area contributed by atoms with Crippen LogP contribution in [0.25, 0.3) is 0 Å². The Morgan fingerprint density at radius 3 is 2.45 bits per heavy atom. The summed E-state index contributed by atoms with van der Waals surface area (Å²) in [5.41, 5.74) is 7.17. The second kappa shape index (κ2) is 5.74. The molecule has 2 rings (SSSR count). The number of anilines is 1. The molecule has 0 aliphatic heterocycles. The minimum absolute atomic E-state index is 0.181. The Kier molecular flexibility index (Phi) is 4.39. The Balaban J connectivity index is 2.30. The summed E-state index contributed by atoms with van der Waals surface area (Å²) in [4.78, 5) is 0.325. The Morgan fingerprint density at radius 1 is 1.30 bits per heavy atom. The zero-order chi connectivity index (χ0) is 14.9. The lowest BCUT2D eigenvalue weighted by Gasteiger charge is -2.23. The van der Waals surface area contributed by atoms with Gasteiger partial charge in [-0.1, -0.05) is 13.8 Å². The monoisotopic (exact) mass is 296 g/mol. The lowest BCUT2D eigenvalue weighted by atomic mass is 10.1. The number of nitrogen functional groups attached to an aromatic ring is 1. The highest BCUT2D eigenvalue weighted by atomic mass is 32.2. The summed E-state index contributed by atoms with van der Waals surface area (Å²) in [6.45, 7) is 6.69. The number of rotatable bonds is 6. The number of nitrogens with two attached hydrogens (primary N) is 1. The summed E-state index contributed by atoms with van der Waals surface area (Å²) < 4.78 is 27.3. The van der Waals surface area contributed by atoms with E-state index in [1.807, 2.05) is 6.92 Å². The van der Waals surface area contributed by atoms with Gasteiger partial charge in [-0.2, -0.15) is 4.31 Å². The van der Waals surface area contributed by atoms with Gasteiger partial charge in [-0.25, -0.2) is 8.42 Å². The molecule has 5 heteroatoms. The molecule has 112 valence electrons. The highest BCUT2D eigenvalue weighted by molar-refractivity contribution is 7.89. The van der Waals surface area contributed by atoms with Crippen molar-refractivity contribution in [1.29, 1.82) is 0 Å². The first-order valence-electron chi connectivity index (χ1n) is 7.19. The molecule has 1 aliphatic rings. The average Bonchev–Trinajstić information content (AvgIpc) is 3.11. The third-order valence-electron chi connectivity index (χ3n) is 3.56. The van der Waals surface area contributed by atoms with Gasteiger partial charge in [0.25, 0.3) is 0 Å². The molecular weight excluding hydrogens is 272 g/mol. The quantitative estimate of drug-likeness (QED) is 0.821. The van der Waals surface area contributed by atoms with Crippen LogP contribution >= 0.6 is 0 Å². The lowest BCUT2D eigenvalue weighted by molar-refractivity contribution is 0.373. The van der Waals surface area contributed by atoms with Gasteiger partial charge in [0.15, 0.2) is 0 Å². The van der Waals surface area contributed by atoms with E-state index < -0.39 is 10.0 Å². The number of hydrogen-bond donors (Lipinski definition) is 1. The topological polar surface area (TPSA) is 63.4 Å². The summed E-state index contributed by atoms with van der Waals surface area (Å²) in [6.07, 6.45) is 2.83. The Bertz CT molecular complexity index is 557.